The van der Waals surface area contributed by atoms with E-state index in [1.165, 1.54) is 6.07 Å². The molecule has 0 radical (unpaired) electrons. The number of imide groups is 1. The number of urea groups is 1. The van der Waals surface area contributed by atoms with Crippen molar-refractivity contribution in [1.82, 2.24) is 10.2 Å². The minimum absolute atomic E-state index is 0.115. The zero-order chi connectivity index (χ0) is 19.4. The van der Waals surface area contributed by atoms with Crippen LogP contribution in [0.4, 0.5) is 9.18 Å². The summed E-state index contributed by atoms with van der Waals surface area (Å²) in [5, 5.41) is 2.54. The van der Waals surface area contributed by atoms with Gasteiger partial charge in [0.2, 0.25) is 0 Å². The molecule has 0 aromatic heterocycles. The van der Waals surface area contributed by atoms with Crippen molar-refractivity contribution in [2.75, 3.05) is 0 Å². The molecule has 0 saturated carbocycles. The summed E-state index contributed by atoms with van der Waals surface area (Å²) in [6.07, 6.45) is 2.62. The zero-order valence-corrected chi connectivity index (χ0v) is 15.2. The molecule has 6 heteroatoms. The predicted molar refractivity (Wildman–Crippen MR) is 100 cm³/mol. The Bertz CT molecular complexity index is 877. The highest BCUT2D eigenvalue weighted by Crippen LogP contribution is 2.20. The molecule has 1 atom stereocenters. The van der Waals surface area contributed by atoms with Gasteiger partial charge in [0.25, 0.3) is 5.91 Å². The Labute approximate surface area is 157 Å². The van der Waals surface area contributed by atoms with Crippen LogP contribution < -0.4 is 10.1 Å². The summed E-state index contributed by atoms with van der Waals surface area (Å²) in [4.78, 5) is 25.6. The average Bonchev–Trinajstić information content (AvgIpc) is 2.92. The molecule has 2 aromatic carbocycles. The van der Waals surface area contributed by atoms with Gasteiger partial charge < -0.3 is 10.1 Å². The molecule has 1 N–H and O–H groups in total. The molecule has 1 saturated heterocycles. The lowest BCUT2D eigenvalue weighted by atomic mass is 10.1. The molecule has 0 unspecified atom stereocenters. The summed E-state index contributed by atoms with van der Waals surface area (Å²) in [6, 6.07) is 12.8. The minimum atomic E-state index is -0.564. The van der Waals surface area contributed by atoms with Crippen molar-refractivity contribution in [1.29, 1.82) is 0 Å². The van der Waals surface area contributed by atoms with Crippen LogP contribution in [0.25, 0.3) is 6.08 Å². The number of nitrogens with one attached hydrogen (secondary N) is 1. The molecule has 0 bridgehead atoms. The van der Waals surface area contributed by atoms with Crippen molar-refractivity contribution in [2.24, 2.45) is 0 Å². The van der Waals surface area contributed by atoms with Crippen molar-refractivity contribution >= 4 is 18.0 Å². The van der Waals surface area contributed by atoms with Gasteiger partial charge in [0.1, 0.15) is 17.3 Å². The van der Waals surface area contributed by atoms with E-state index in [0.717, 1.165) is 22.6 Å². The second kappa shape index (κ2) is 8.03. The Morgan fingerprint density at radius 3 is 2.52 bits per heavy atom. The number of carbonyl (C=O) groups is 2. The maximum absolute atomic E-state index is 13.8. The van der Waals surface area contributed by atoms with Gasteiger partial charge in [0, 0.05) is 5.56 Å². The fourth-order valence-corrected chi connectivity index (χ4v) is 2.64. The zero-order valence-electron chi connectivity index (χ0n) is 15.2. The molecule has 3 amide bonds. The molecular weight excluding hydrogens is 347 g/mol. The number of rotatable bonds is 6. The number of nitrogens with zero attached hydrogens (tertiary/aromatic N) is 1. The van der Waals surface area contributed by atoms with Crippen LogP contribution in [-0.4, -0.2) is 22.9 Å². The van der Waals surface area contributed by atoms with E-state index in [1.807, 2.05) is 38.1 Å². The molecule has 1 fully saturated rings. The topological polar surface area (TPSA) is 58.6 Å². The number of hydrogen-bond acceptors (Lipinski definition) is 3. The molecule has 1 aliphatic heterocycles. The smallest absolute Gasteiger partial charge is 0.329 e. The minimum Gasteiger partial charge on any atom is -0.491 e. The summed E-state index contributed by atoms with van der Waals surface area (Å²) in [6.45, 7) is 3.92. The second-order valence-electron chi connectivity index (χ2n) is 6.38. The molecule has 0 spiro atoms. The van der Waals surface area contributed by atoms with E-state index in [4.69, 9.17) is 4.74 Å². The standard InChI is InChI=1S/C21H21FN2O3/c1-3-14(2)27-17-10-8-15(9-11-17)12-19-20(25)24(21(26)23-19)13-16-6-4-5-7-18(16)22/h4-12,14H,3,13H2,1-2H3,(H,23,26)/b19-12-/t14-/m1/s1. The van der Waals surface area contributed by atoms with Crippen LogP contribution in [0.1, 0.15) is 31.4 Å². The lowest BCUT2D eigenvalue weighted by Gasteiger charge is -2.12. The van der Waals surface area contributed by atoms with Gasteiger partial charge in [-0.25, -0.2) is 9.18 Å². The van der Waals surface area contributed by atoms with Crippen LogP contribution in [0.15, 0.2) is 54.2 Å². The number of halogens is 1. The van der Waals surface area contributed by atoms with E-state index >= 15 is 0 Å². The number of benzene rings is 2. The van der Waals surface area contributed by atoms with Crippen molar-refractivity contribution in [3.8, 4) is 5.75 Å². The molecule has 140 valence electrons. The first-order chi connectivity index (χ1) is 13.0. The van der Waals surface area contributed by atoms with Crippen LogP contribution in [-0.2, 0) is 11.3 Å². The van der Waals surface area contributed by atoms with Crippen LogP contribution >= 0.6 is 0 Å². The summed E-state index contributed by atoms with van der Waals surface area (Å²) >= 11 is 0. The SMILES string of the molecule is CC[C@@H](C)Oc1ccc(/C=C2\NC(=O)N(Cc3ccccc3F)C2=O)cc1. The van der Waals surface area contributed by atoms with Gasteiger partial charge in [-0.15, -0.1) is 0 Å². The monoisotopic (exact) mass is 368 g/mol. The van der Waals surface area contributed by atoms with Gasteiger partial charge in [0.05, 0.1) is 12.6 Å². The number of hydrogen-bond donors (Lipinski definition) is 1. The van der Waals surface area contributed by atoms with Crippen LogP contribution in [0.2, 0.25) is 0 Å². The van der Waals surface area contributed by atoms with Crippen LogP contribution in [0, 0.1) is 5.82 Å². The fourth-order valence-electron chi connectivity index (χ4n) is 2.64. The second-order valence-corrected chi connectivity index (χ2v) is 6.38. The number of ether oxygens (including phenoxy) is 1. The highest BCUT2D eigenvalue weighted by Gasteiger charge is 2.33. The van der Waals surface area contributed by atoms with E-state index in [2.05, 4.69) is 5.32 Å². The summed E-state index contributed by atoms with van der Waals surface area (Å²) in [5.41, 5.74) is 1.20. The number of amides is 3. The largest absolute Gasteiger partial charge is 0.491 e. The van der Waals surface area contributed by atoms with E-state index in [9.17, 15) is 14.0 Å². The maximum Gasteiger partial charge on any atom is 0.329 e. The van der Waals surface area contributed by atoms with Crippen molar-refractivity contribution < 1.29 is 18.7 Å². The van der Waals surface area contributed by atoms with E-state index in [1.54, 1.807) is 24.3 Å². The number of carbonyl (C=O) groups excluding carboxylic acids is 2. The van der Waals surface area contributed by atoms with E-state index in [0.29, 0.717) is 0 Å². The summed E-state index contributed by atoms with van der Waals surface area (Å²) < 4.78 is 19.5. The third kappa shape index (κ3) is 4.34. The molecule has 1 aliphatic rings. The Kier molecular flexibility index (Phi) is 5.54. The first-order valence-electron chi connectivity index (χ1n) is 8.82. The normalized spacial score (nSPS) is 16.6. The van der Waals surface area contributed by atoms with Crippen LogP contribution in [0.5, 0.6) is 5.75 Å². The van der Waals surface area contributed by atoms with E-state index < -0.39 is 17.8 Å². The summed E-state index contributed by atoms with van der Waals surface area (Å²) in [5.74, 6) is -0.190. The third-order valence-corrected chi connectivity index (χ3v) is 4.35. The van der Waals surface area contributed by atoms with Gasteiger partial charge in [-0.1, -0.05) is 37.3 Å². The van der Waals surface area contributed by atoms with Gasteiger partial charge in [-0.2, -0.15) is 0 Å². The molecule has 1 heterocycles. The highest BCUT2D eigenvalue weighted by molar-refractivity contribution is 6.13. The highest BCUT2D eigenvalue weighted by atomic mass is 19.1. The summed E-state index contributed by atoms with van der Waals surface area (Å²) in [7, 11) is 0. The van der Waals surface area contributed by atoms with Gasteiger partial charge in [-0.3, -0.25) is 9.69 Å². The Balaban J connectivity index is 1.73. The average molecular weight is 368 g/mol. The Hall–Kier alpha value is -3.15. The lowest BCUT2D eigenvalue weighted by molar-refractivity contribution is -0.123. The van der Waals surface area contributed by atoms with Crippen molar-refractivity contribution in [3.63, 3.8) is 0 Å². The van der Waals surface area contributed by atoms with Crippen molar-refractivity contribution in [2.45, 2.75) is 32.9 Å². The molecule has 5 nitrogen and oxygen atoms in total. The van der Waals surface area contributed by atoms with Crippen LogP contribution in [0.3, 0.4) is 0 Å². The Morgan fingerprint density at radius 1 is 1.15 bits per heavy atom. The third-order valence-electron chi connectivity index (χ3n) is 4.35. The predicted octanol–water partition coefficient (Wildman–Crippen LogP) is 4.10. The molecule has 3 rings (SSSR count). The van der Waals surface area contributed by atoms with Gasteiger partial charge in [0.15, 0.2) is 0 Å². The Morgan fingerprint density at radius 2 is 1.85 bits per heavy atom. The first kappa shape index (κ1) is 18.6. The fraction of sp³-hybridized carbons (Fsp3) is 0.238. The quantitative estimate of drug-likeness (QED) is 0.617. The van der Waals surface area contributed by atoms with E-state index in [-0.39, 0.29) is 23.9 Å². The molecule has 27 heavy (non-hydrogen) atoms. The first-order valence-corrected chi connectivity index (χ1v) is 8.82. The molecule has 0 aliphatic carbocycles. The van der Waals surface area contributed by atoms with Gasteiger partial charge in [-0.05, 0) is 43.2 Å². The molecular formula is C21H21FN2O3. The molecule has 2 aromatic rings. The lowest BCUT2D eigenvalue weighted by Crippen LogP contribution is -2.30. The maximum atomic E-state index is 13.8. The van der Waals surface area contributed by atoms with Crippen molar-refractivity contribution in [3.05, 3.63) is 71.2 Å². The van der Waals surface area contributed by atoms with Gasteiger partial charge >= 0.3 is 6.03 Å².